The first-order chi connectivity index (χ1) is 8.52. The second-order valence-electron chi connectivity index (χ2n) is 3.71. The number of amides is 1. The van der Waals surface area contributed by atoms with E-state index in [1.54, 1.807) is 18.2 Å². The van der Waals surface area contributed by atoms with Gasteiger partial charge in [0.1, 0.15) is 0 Å². The van der Waals surface area contributed by atoms with E-state index in [2.05, 4.69) is 31.8 Å². The molecule has 98 valence electrons. The second kappa shape index (κ2) is 7.38. The minimum atomic E-state index is -0.190. The first-order valence-corrected chi connectivity index (χ1v) is 6.71. The summed E-state index contributed by atoms with van der Waals surface area (Å²) in [6.45, 7) is 4.00. The average Bonchev–Trinajstić information content (AvgIpc) is 2.34. The maximum atomic E-state index is 11.5. The predicted molar refractivity (Wildman–Crippen MR) is 79.2 cm³/mol. The van der Waals surface area contributed by atoms with Crippen LogP contribution in [0, 0.1) is 0 Å². The standard InChI is InChI=1S/C12H15BrClN3O/c1-3-8(2)16-17-12(18)7-15-11-5-4-9(14)6-10(11)13/h4-6,15H,3,7H2,1-2H3,(H,17,18). The van der Waals surface area contributed by atoms with Gasteiger partial charge < -0.3 is 5.32 Å². The lowest BCUT2D eigenvalue weighted by Gasteiger charge is -2.08. The molecule has 0 fully saturated rings. The fourth-order valence-corrected chi connectivity index (χ4v) is 1.91. The van der Waals surface area contributed by atoms with Crippen molar-refractivity contribution in [3.8, 4) is 0 Å². The van der Waals surface area contributed by atoms with Crippen LogP contribution < -0.4 is 10.7 Å². The quantitative estimate of drug-likeness (QED) is 0.641. The molecule has 1 rings (SSSR count). The van der Waals surface area contributed by atoms with E-state index >= 15 is 0 Å². The van der Waals surface area contributed by atoms with Crippen LogP contribution in [0.3, 0.4) is 0 Å². The van der Waals surface area contributed by atoms with Crippen LogP contribution in [0.1, 0.15) is 20.3 Å². The van der Waals surface area contributed by atoms with E-state index in [9.17, 15) is 4.79 Å². The Labute approximate surface area is 120 Å². The Morgan fingerprint density at radius 2 is 2.22 bits per heavy atom. The van der Waals surface area contributed by atoms with Gasteiger partial charge in [0.25, 0.3) is 5.91 Å². The third kappa shape index (κ3) is 5.06. The summed E-state index contributed by atoms with van der Waals surface area (Å²) < 4.78 is 0.816. The maximum Gasteiger partial charge on any atom is 0.259 e. The lowest BCUT2D eigenvalue weighted by atomic mass is 10.3. The van der Waals surface area contributed by atoms with E-state index in [1.165, 1.54) is 0 Å². The number of hydrazone groups is 1. The molecule has 1 aromatic rings. The van der Waals surface area contributed by atoms with Crippen molar-refractivity contribution in [3.63, 3.8) is 0 Å². The van der Waals surface area contributed by atoms with Gasteiger partial charge in [-0.3, -0.25) is 4.79 Å². The summed E-state index contributed by atoms with van der Waals surface area (Å²) >= 11 is 9.19. The fourth-order valence-electron chi connectivity index (χ4n) is 1.08. The largest absolute Gasteiger partial charge is 0.375 e. The Kier molecular flexibility index (Phi) is 6.15. The van der Waals surface area contributed by atoms with Crippen molar-refractivity contribution >= 4 is 44.8 Å². The third-order valence-corrected chi connectivity index (χ3v) is 3.14. The molecular formula is C12H15BrClN3O. The summed E-state index contributed by atoms with van der Waals surface area (Å²) in [5.74, 6) is -0.190. The number of anilines is 1. The van der Waals surface area contributed by atoms with Gasteiger partial charge in [0, 0.05) is 20.9 Å². The Morgan fingerprint density at radius 3 is 2.83 bits per heavy atom. The first kappa shape index (κ1) is 15.0. The Morgan fingerprint density at radius 1 is 1.50 bits per heavy atom. The molecule has 0 bridgehead atoms. The number of benzene rings is 1. The molecule has 0 saturated heterocycles. The van der Waals surface area contributed by atoms with E-state index in [0.29, 0.717) is 5.02 Å². The molecule has 4 nitrogen and oxygen atoms in total. The van der Waals surface area contributed by atoms with Gasteiger partial charge in [-0.1, -0.05) is 18.5 Å². The van der Waals surface area contributed by atoms with Crippen LogP contribution in [-0.4, -0.2) is 18.2 Å². The van der Waals surface area contributed by atoms with Crippen LogP contribution in [0.15, 0.2) is 27.8 Å². The smallest absolute Gasteiger partial charge is 0.259 e. The number of hydrogen-bond acceptors (Lipinski definition) is 3. The van der Waals surface area contributed by atoms with Crippen LogP contribution in [-0.2, 0) is 4.79 Å². The molecule has 0 atom stereocenters. The number of rotatable bonds is 5. The van der Waals surface area contributed by atoms with Gasteiger partial charge in [0.15, 0.2) is 0 Å². The predicted octanol–water partition coefficient (Wildman–Crippen LogP) is 3.42. The normalized spacial score (nSPS) is 11.2. The van der Waals surface area contributed by atoms with Crippen molar-refractivity contribution < 1.29 is 4.79 Å². The Bertz CT molecular complexity index is 463. The van der Waals surface area contributed by atoms with Crippen molar-refractivity contribution in [1.29, 1.82) is 0 Å². The zero-order chi connectivity index (χ0) is 13.5. The number of nitrogens with one attached hydrogen (secondary N) is 2. The van der Waals surface area contributed by atoms with Gasteiger partial charge in [-0.05, 0) is 47.5 Å². The average molecular weight is 333 g/mol. The molecule has 0 radical (unpaired) electrons. The molecule has 1 aromatic carbocycles. The summed E-state index contributed by atoms with van der Waals surface area (Å²) in [5.41, 5.74) is 4.18. The third-order valence-electron chi connectivity index (χ3n) is 2.25. The summed E-state index contributed by atoms with van der Waals surface area (Å²) in [4.78, 5) is 11.5. The van der Waals surface area contributed by atoms with Crippen LogP contribution in [0.25, 0.3) is 0 Å². The van der Waals surface area contributed by atoms with Gasteiger partial charge >= 0.3 is 0 Å². The SMILES string of the molecule is CCC(C)=NNC(=O)CNc1ccc(Cl)cc1Br. The topological polar surface area (TPSA) is 53.5 Å². The highest BCUT2D eigenvalue weighted by Gasteiger charge is 2.03. The van der Waals surface area contributed by atoms with Gasteiger partial charge in [-0.15, -0.1) is 0 Å². The molecule has 6 heteroatoms. The summed E-state index contributed by atoms with van der Waals surface area (Å²) in [6.07, 6.45) is 0.816. The first-order valence-electron chi connectivity index (χ1n) is 5.54. The van der Waals surface area contributed by atoms with Gasteiger partial charge in [-0.25, -0.2) is 5.43 Å². The van der Waals surface area contributed by atoms with Crippen molar-refractivity contribution in [2.45, 2.75) is 20.3 Å². The highest BCUT2D eigenvalue weighted by molar-refractivity contribution is 9.10. The van der Waals surface area contributed by atoms with Crippen LogP contribution in [0.5, 0.6) is 0 Å². The molecule has 2 N–H and O–H groups in total. The number of hydrogen-bond donors (Lipinski definition) is 2. The van der Waals surface area contributed by atoms with Gasteiger partial charge in [-0.2, -0.15) is 5.10 Å². The van der Waals surface area contributed by atoms with Crippen molar-refractivity contribution in [1.82, 2.24) is 5.43 Å². The molecule has 0 aliphatic carbocycles. The molecule has 0 unspecified atom stereocenters. The molecule has 0 aromatic heterocycles. The van der Waals surface area contributed by atoms with E-state index in [0.717, 1.165) is 22.3 Å². The Balaban J connectivity index is 2.47. The van der Waals surface area contributed by atoms with Gasteiger partial charge in [0.2, 0.25) is 0 Å². The fraction of sp³-hybridized carbons (Fsp3) is 0.333. The number of nitrogens with zero attached hydrogens (tertiary/aromatic N) is 1. The van der Waals surface area contributed by atoms with Crippen molar-refractivity contribution in [2.75, 3.05) is 11.9 Å². The molecule has 0 saturated carbocycles. The second-order valence-corrected chi connectivity index (χ2v) is 5.00. The molecular weight excluding hydrogens is 318 g/mol. The maximum absolute atomic E-state index is 11.5. The van der Waals surface area contributed by atoms with E-state index in [4.69, 9.17) is 11.6 Å². The number of carbonyl (C=O) groups is 1. The van der Waals surface area contributed by atoms with Gasteiger partial charge in [0.05, 0.1) is 6.54 Å². The zero-order valence-electron chi connectivity index (χ0n) is 10.3. The molecule has 0 aliphatic rings. The highest BCUT2D eigenvalue weighted by Crippen LogP contribution is 2.25. The van der Waals surface area contributed by atoms with Crippen molar-refractivity contribution in [3.05, 3.63) is 27.7 Å². The molecule has 0 aliphatic heterocycles. The summed E-state index contributed by atoms with van der Waals surface area (Å²) in [6, 6.07) is 5.33. The zero-order valence-corrected chi connectivity index (χ0v) is 12.6. The number of halogens is 2. The Hall–Kier alpha value is -1.07. The number of carbonyl (C=O) groups excluding carboxylic acids is 1. The summed E-state index contributed by atoms with van der Waals surface area (Å²) in [5, 5.41) is 7.57. The molecule has 0 heterocycles. The molecule has 1 amide bonds. The van der Waals surface area contributed by atoms with Crippen LogP contribution in [0.2, 0.25) is 5.02 Å². The van der Waals surface area contributed by atoms with Crippen LogP contribution >= 0.6 is 27.5 Å². The summed E-state index contributed by atoms with van der Waals surface area (Å²) in [7, 11) is 0. The lowest BCUT2D eigenvalue weighted by molar-refractivity contribution is -0.119. The van der Waals surface area contributed by atoms with E-state index in [1.807, 2.05) is 13.8 Å². The van der Waals surface area contributed by atoms with Crippen molar-refractivity contribution in [2.24, 2.45) is 5.10 Å². The van der Waals surface area contributed by atoms with E-state index < -0.39 is 0 Å². The lowest BCUT2D eigenvalue weighted by Crippen LogP contribution is -2.26. The van der Waals surface area contributed by atoms with E-state index in [-0.39, 0.29) is 12.5 Å². The monoisotopic (exact) mass is 331 g/mol. The molecule has 0 spiro atoms. The van der Waals surface area contributed by atoms with Crippen LogP contribution in [0.4, 0.5) is 5.69 Å². The minimum Gasteiger partial charge on any atom is -0.375 e. The minimum absolute atomic E-state index is 0.153. The highest BCUT2D eigenvalue weighted by atomic mass is 79.9. The molecule has 18 heavy (non-hydrogen) atoms.